The Kier molecular flexibility index (Phi) is 6.89. The van der Waals surface area contributed by atoms with Crippen LogP contribution >= 0.6 is 0 Å². The average Bonchev–Trinajstić information content (AvgIpc) is 3.25. The fourth-order valence-electron chi connectivity index (χ4n) is 2.95. The summed E-state index contributed by atoms with van der Waals surface area (Å²) in [6.07, 6.45) is 4.29. The number of hydrogen-bond donors (Lipinski definition) is 2. The van der Waals surface area contributed by atoms with E-state index in [1.807, 2.05) is 6.92 Å². The van der Waals surface area contributed by atoms with E-state index in [9.17, 15) is 4.39 Å². The van der Waals surface area contributed by atoms with E-state index in [0.29, 0.717) is 24.8 Å². The zero-order valence-corrected chi connectivity index (χ0v) is 16.4. The van der Waals surface area contributed by atoms with Crippen LogP contribution < -0.4 is 20.3 Å². The summed E-state index contributed by atoms with van der Waals surface area (Å²) >= 11 is 0. The molecule has 2 aromatic rings. The van der Waals surface area contributed by atoms with Crippen molar-refractivity contribution in [2.24, 2.45) is 4.99 Å². The minimum Gasteiger partial charge on any atom is -0.489 e. The van der Waals surface area contributed by atoms with Gasteiger partial charge in [0.2, 0.25) is 0 Å². The van der Waals surface area contributed by atoms with E-state index < -0.39 is 0 Å². The van der Waals surface area contributed by atoms with Gasteiger partial charge in [-0.2, -0.15) is 0 Å². The summed E-state index contributed by atoms with van der Waals surface area (Å²) < 4.78 is 18.7. The van der Waals surface area contributed by atoms with Gasteiger partial charge < -0.3 is 20.3 Å². The number of nitrogens with zero attached hydrogens (tertiary/aromatic N) is 2. The third kappa shape index (κ3) is 5.74. The minimum atomic E-state index is -0.271. The van der Waals surface area contributed by atoms with Gasteiger partial charge in [0, 0.05) is 32.4 Å². The Morgan fingerprint density at radius 2 is 1.75 bits per heavy atom. The first-order valence-electron chi connectivity index (χ1n) is 9.49. The lowest BCUT2D eigenvalue weighted by Crippen LogP contribution is -2.41. The monoisotopic (exact) mass is 382 g/mol. The Bertz CT molecular complexity index is 794. The molecule has 0 saturated carbocycles. The molecule has 0 spiro atoms. The summed E-state index contributed by atoms with van der Waals surface area (Å²) in [7, 11) is 1.74. The van der Waals surface area contributed by atoms with E-state index in [0.717, 1.165) is 13.1 Å². The van der Waals surface area contributed by atoms with Crippen LogP contribution in [0.4, 0.5) is 10.1 Å². The van der Waals surface area contributed by atoms with Crippen LogP contribution in [0.2, 0.25) is 0 Å². The van der Waals surface area contributed by atoms with Gasteiger partial charge in [0.25, 0.3) is 0 Å². The highest BCUT2D eigenvalue weighted by Gasteiger charge is 2.08. The van der Waals surface area contributed by atoms with Crippen molar-refractivity contribution in [3.63, 3.8) is 0 Å². The van der Waals surface area contributed by atoms with Crippen LogP contribution in [-0.4, -0.2) is 38.7 Å². The second kappa shape index (κ2) is 9.78. The zero-order chi connectivity index (χ0) is 19.8. The first-order chi connectivity index (χ1) is 13.6. The van der Waals surface area contributed by atoms with E-state index in [1.54, 1.807) is 19.2 Å². The molecular formula is C22H27FN4O. The second-order valence-electron chi connectivity index (χ2n) is 6.73. The molecule has 0 bridgehead atoms. The number of anilines is 1. The largest absolute Gasteiger partial charge is 0.489 e. The third-order valence-corrected chi connectivity index (χ3v) is 4.51. The summed E-state index contributed by atoms with van der Waals surface area (Å²) in [6.45, 7) is 5.18. The maximum atomic E-state index is 13.0. The molecule has 0 saturated heterocycles. The Balaban J connectivity index is 1.42. The lowest BCUT2D eigenvalue weighted by Gasteiger charge is -2.19. The molecule has 0 aliphatic carbocycles. The van der Waals surface area contributed by atoms with Crippen molar-refractivity contribution in [3.05, 3.63) is 72.1 Å². The highest BCUT2D eigenvalue weighted by atomic mass is 19.1. The van der Waals surface area contributed by atoms with Gasteiger partial charge in [-0.1, -0.05) is 24.3 Å². The number of ether oxygens (including phenoxy) is 1. The van der Waals surface area contributed by atoms with Crippen LogP contribution in [0.1, 0.15) is 12.5 Å². The Hall–Kier alpha value is -3.02. The maximum absolute atomic E-state index is 13.0. The third-order valence-electron chi connectivity index (χ3n) is 4.51. The van der Waals surface area contributed by atoms with Gasteiger partial charge in [-0.25, -0.2) is 4.39 Å². The van der Waals surface area contributed by atoms with Crippen LogP contribution in [0.25, 0.3) is 0 Å². The Morgan fingerprint density at radius 3 is 2.39 bits per heavy atom. The average molecular weight is 382 g/mol. The summed E-state index contributed by atoms with van der Waals surface area (Å²) in [4.78, 5) is 6.57. The molecule has 1 atom stereocenters. The van der Waals surface area contributed by atoms with Gasteiger partial charge in [0.1, 0.15) is 17.7 Å². The Morgan fingerprint density at radius 1 is 1.07 bits per heavy atom. The quantitative estimate of drug-likeness (QED) is 0.438. The van der Waals surface area contributed by atoms with Gasteiger partial charge in [-0.15, -0.1) is 0 Å². The molecular weight excluding hydrogens is 355 g/mol. The van der Waals surface area contributed by atoms with Gasteiger partial charge in [0.15, 0.2) is 5.96 Å². The number of nitrogens with one attached hydrogen (secondary N) is 2. The molecule has 2 aromatic carbocycles. The molecule has 1 aliphatic heterocycles. The molecule has 1 aliphatic rings. The predicted molar refractivity (Wildman–Crippen MR) is 112 cm³/mol. The van der Waals surface area contributed by atoms with Crippen molar-refractivity contribution >= 4 is 11.6 Å². The molecule has 0 amide bonds. The molecule has 0 aromatic heterocycles. The molecule has 3 rings (SSSR count). The first-order valence-corrected chi connectivity index (χ1v) is 9.49. The fourth-order valence-corrected chi connectivity index (χ4v) is 2.95. The van der Waals surface area contributed by atoms with E-state index in [4.69, 9.17) is 4.74 Å². The lowest BCUT2D eigenvalue weighted by molar-refractivity contribution is 0.223. The number of rotatable bonds is 7. The second-order valence-corrected chi connectivity index (χ2v) is 6.73. The molecule has 148 valence electrons. The summed E-state index contributed by atoms with van der Waals surface area (Å²) in [5.41, 5.74) is 2.43. The number of halogens is 1. The van der Waals surface area contributed by atoms with Gasteiger partial charge >= 0.3 is 0 Å². The normalized spacial score (nSPS) is 14.8. The van der Waals surface area contributed by atoms with Crippen molar-refractivity contribution in [1.29, 1.82) is 0 Å². The van der Waals surface area contributed by atoms with Crippen molar-refractivity contribution in [1.82, 2.24) is 10.6 Å². The SMILES string of the molecule is CN=C(NCc1ccc(N2CC=CC2)cc1)NCC(C)Oc1ccc(F)cc1. The molecule has 2 N–H and O–H groups in total. The zero-order valence-electron chi connectivity index (χ0n) is 16.4. The summed E-state index contributed by atoms with van der Waals surface area (Å²) in [5, 5.41) is 6.56. The van der Waals surface area contributed by atoms with Crippen molar-refractivity contribution in [2.75, 3.05) is 31.6 Å². The number of hydrogen-bond acceptors (Lipinski definition) is 3. The van der Waals surface area contributed by atoms with Crippen molar-refractivity contribution in [3.8, 4) is 5.75 Å². The van der Waals surface area contributed by atoms with E-state index >= 15 is 0 Å². The van der Waals surface area contributed by atoms with Crippen LogP contribution in [-0.2, 0) is 6.54 Å². The Labute approximate surface area is 165 Å². The molecule has 1 unspecified atom stereocenters. The molecule has 0 fully saturated rings. The molecule has 0 radical (unpaired) electrons. The van der Waals surface area contributed by atoms with Crippen LogP contribution in [0.3, 0.4) is 0 Å². The molecule has 6 heteroatoms. The van der Waals surface area contributed by atoms with Gasteiger partial charge in [-0.3, -0.25) is 4.99 Å². The van der Waals surface area contributed by atoms with Crippen LogP contribution in [0, 0.1) is 5.82 Å². The van der Waals surface area contributed by atoms with E-state index in [-0.39, 0.29) is 11.9 Å². The van der Waals surface area contributed by atoms with E-state index in [2.05, 4.69) is 56.9 Å². The van der Waals surface area contributed by atoms with Gasteiger partial charge in [-0.05, 0) is 48.9 Å². The topological polar surface area (TPSA) is 48.9 Å². The van der Waals surface area contributed by atoms with Crippen molar-refractivity contribution in [2.45, 2.75) is 19.6 Å². The fraction of sp³-hybridized carbons (Fsp3) is 0.318. The number of aliphatic imine (C=N–C) groups is 1. The molecule has 5 nitrogen and oxygen atoms in total. The van der Waals surface area contributed by atoms with Crippen LogP contribution in [0.5, 0.6) is 5.75 Å². The standard InChI is InChI=1S/C22H27FN4O/c1-17(28-21-11-7-19(23)8-12-21)15-25-22(24-2)26-16-18-5-9-20(10-6-18)27-13-3-4-14-27/h3-12,17H,13-16H2,1-2H3,(H2,24,25,26). The maximum Gasteiger partial charge on any atom is 0.191 e. The lowest BCUT2D eigenvalue weighted by atomic mass is 10.2. The number of guanidine groups is 1. The minimum absolute atomic E-state index is 0.0858. The number of benzene rings is 2. The summed E-state index contributed by atoms with van der Waals surface area (Å²) in [6, 6.07) is 14.6. The highest BCUT2D eigenvalue weighted by Crippen LogP contribution is 2.17. The van der Waals surface area contributed by atoms with Gasteiger partial charge in [0.05, 0.1) is 6.54 Å². The first kappa shape index (κ1) is 19.7. The smallest absolute Gasteiger partial charge is 0.191 e. The highest BCUT2D eigenvalue weighted by molar-refractivity contribution is 5.79. The molecule has 1 heterocycles. The summed E-state index contributed by atoms with van der Waals surface area (Å²) in [5.74, 6) is 1.09. The van der Waals surface area contributed by atoms with Crippen LogP contribution in [0.15, 0.2) is 65.7 Å². The van der Waals surface area contributed by atoms with E-state index in [1.165, 1.54) is 23.4 Å². The predicted octanol–water partition coefficient (Wildman–Crippen LogP) is 3.33. The van der Waals surface area contributed by atoms with Crippen molar-refractivity contribution < 1.29 is 9.13 Å². The molecule has 28 heavy (non-hydrogen) atoms.